The van der Waals surface area contributed by atoms with E-state index in [1.54, 1.807) is 35.9 Å². The van der Waals surface area contributed by atoms with E-state index in [0.29, 0.717) is 34.4 Å². The Labute approximate surface area is 239 Å². The van der Waals surface area contributed by atoms with Crippen LogP contribution in [0.15, 0.2) is 60.7 Å². The van der Waals surface area contributed by atoms with Gasteiger partial charge in [0.05, 0.1) is 27.9 Å². The quantitative estimate of drug-likeness (QED) is 0.186. The smallest absolute Gasteiger partial charge is 0.338 e. The Morgan fingerprint density at radius 2 is 1.77 bits per heavy atom. The normalized spacial score (nSPS) is 11.1. The topological polar surface area (TPSA) is 69.5 Å². The minimum Gasteiger partial charge on any atom is -0.487 e. The van der Waals surface area contributed by atoms with Crippen LogP contribution >= 0.6 is 23.2 Å². The van der Waals surface area contributed by atoms with E-state index in [2.05, 4.69) is 42.0 Å². The number of para-hydroxylation sites is 1. The van der Waals surface area contributed by atoms with Gasteiger partial charge in [0.15, 0.2) is 0 Å². The number of aryl methyl sites for hydroxylation is 1. The Morgan fingerprint density at radius 3 is 2.44 bits per heavy atom. The number of anilines is 1. The van der Waals surface area contributed by atoms with Crippen LogP contribution < -0.4 is 9.64 Å². The fourth-order valence-corrected chi connectivity index (χ4v) is 4.84. The summed E-state index contributed by atoms with van der Waals surface area (Å²) in [5, 5.41) is 9.71. The van der Waals surface area contributed by atoms with Crippen molar-refractivity contribution in [1.82, 2.24) is 15.0 Å². The lowest BCUT2D eigenvalue weighted by Gasteiger charge is -2.21. The molecule has 0 spiro atoms. The molecule has 0 aliphatic carbocycles. The number of nitrogens with zero attached hydrogens (tertiary/aromatic N) is 4. The van der Waals surface area contributed by atoms with E-state index in [9.17, 15) is 4.79 Å². The molecule has 9 heteroatoms. The molecule has 39 heavy (non-hydrogen) atoms. The van der Waals surface area contributed by atoms with Crippen LogP contribution in [0.2, 0.25) is 10.0 Å². The molecule has 3 aromatic carbocycles. The summed E-state index contributed by atoms with van der Waals surface area (Å²) in [6, 6.07) is 18.8. The maximum atomic E-state index is 12.1. The first-order valence-electron chi connectivity index (χ1n) is 12.8. The number of rotatable bonds is 10. The Hall–Kier alpha value is -3.55. The molecule has 7 nitrogen and oxygen atoms in total. The highest BCUT2D eigenvalue weighted by Gasteiger charge is 2.21. The van der Waals surface area contributed by atoms with Gasteiger partial charge in [-0.15, -0.1) is 5.10 Å². The molecule has 0 radical (unpaired) electrons. The second-order valence-corrected chi connectivity index (χ2v) is 10.4. The molecule has 0 saturated heterocycles. The maximum absolute atomic E-state index is 12.1. The summed E-state index contributed by atoms with van der Waals surface area (Å²) in [6.07, 6.45) is 0. The molecule has 204 valence electrons. The van der Waals surface area contributed by atoms with Gasteiger partial charge in [0.2, 0.25) is 0 Å². The first kappa shape index (κ1) is 28.5. The third-order valence-electron chi connectivity index (χ3n) is 6.38. The number of benzene rings is 3. The zero-order valence-electron chi connectivity index (χ0n) is 22.7. The van der Waals surface area contributed by atoms with Crippen LogP contribution in [-0.2, 0) is 17.9 Å². The average molecular weight is 568 g/mol. The molecular formula is C30H32Cl2N4O3. The molecule has 4 rings (SSSR count). The van der Waals surface area contributed by atoms with E-state index in [-0.39, 0.29) is 18.5 Å². The Kier molecular flexibility index (Phi) is 9.15. The summed E-state index contributed by atoms with van der Waals surface area (Å²) in [4.78, 5) is 14.2. The van der Waals surface area contributed by atoms with Crippen molar-refractivity contribution in [2.45, 2.75) is 46.8 Å². The van der Waals surface area contributed by atoms with Gasteiger partial charge in [-0.25, -0.2) is 9.48 Å². The van der Waals surface area contributed by atoms with Crippen molar-refractivity contribution >= 4 is 34.9 Å². The van der Waals surface area contributed by atoms with Gasteiger partial charge in [0.25, 0.3) is 0 Å². The lowest BCUT2D eigenvalue weighted by atomic mass is 10.1. The Morgan fingerprint density at radius 1 is 1.05 bits per heavy atom. The first-order chi connectivity index (χ1) is 18.7. The number of carbonyl (C=O) groups is 1. The molecule has 0 amide bonds. The summed E-state index contributed by atoms with van der Waals surface area (Å²) in [5.74, 6) is 0.552. The summed E-state index contributed by atoms with van der Waals surface area (Å²) < 4.78 is 13.0. The zero-order valence-corrected chi connectivity index (χ0v) is 24.3. The summed E-state index contributed by atoms with van der Waals surface area (Å²) >= 11 is 12.9. The molecule has 0 aliphatic heterocycles. The number of aromatic nitrogens is 3. The van der Waals surface area contributed by atoms with E-state index < -0.39 is 0 Å². The molecule has 0 N–H and O–H groups in total. The second-order valence-electron chi connectivity index (χ2n) is 9.56. The fraction of sp³-hybridized carbons (Fsp3) is 0.300. The first-order valence-corrected chi connectivity index (χ1v) is 13.5. The summed E-state index contributed by atoms with van der Waals surface area (Å²) in [6.45, 7) is 9.23. The lowest BCUT2D eigenvalue weighted by molar-refractivity contribution is 0.0526. The molecule has 1 heterocycles. The van der Waals surface area contributed by atoms with Crippen molar-refractivity contribution in [3.8, 4) is 11.4 Å². The van der Waals surface area contributed by atoms with Gasteiger partial charge < -0.3 is 14.4 Å². The highest BCUT2D eigenvalue weighted by Crippen LogP contribution is 2.31. The van der Waals surface area contributed by atoms with Gasteiger partial charge in [0.1, 0.15) is 23.7 Å². The van der Waals surface area contributed by atoms with Gasteiger partial charge in [-0.05, 0) is 73.4 Å². The van der Waals surface area contributed by atoms with E-state index >= 15 is 0 Å². The Bertz CT molecular complexity index is 1450. The number of halogens is 2. The monoisotopic (exact) mass is 566 g/mol. The van der Waals surface area contributed by atoms with Gasteiger partial charge >= 0.3 is 5.97 Å². The van der Waals surface area contributed by atoms with Crippen LogP contribution in [0, 0.1) is 6.92 Å². The number of esters is 1. The molecule has 0 atom stereocenters. The maximum Gasteiger partial charge on any atom is 0.338 e. The molecule has 0 fully saturated rings. The SMILES string of the molecule is CCOC(=O)c1cccc(N(C)Cc2ccc(OCc3c(C(C)C)nnn3-c3c(Cl)cccc3Cl)cc2C)c1. The molecule has 0 unspecified atom stereocenters. The highest BCUT2D eigenvalue weighted by atomic mass is 35.5. The van der Waals surface area contributed by atoms with Crippen LogP contribution in [-0.4, -0.2) is 34.6 Å². The van der Waals surface area contributed by atoms with E-state index in [1.807, 2.05) is 37.4 Å². The van der Waals surface area contributed by atoms with Crippen molar-refractivity contribution in [1.29, 1.82) is 0 Å². The average Bonchev–Trinajstić information content (AvgIpc) is 3.32. The largest absolute Gasteiger partial charge is 0.487 e. The highest BCUT2D eigenvalue weighted by molar-refractivity contribution is 6.37. The van der Waals surface area contributed by atoms with Crippen molar-refractivity contribution < 1.29 is 14.3 Å². The minimum atomic E-state index is -0.320. The standard InChI is InChI=1S/C30H32Cl2N4O3/c1-6-38-30(37)21-9-7-10-23(16-21)35(5)17-22-13-14-24(15-20(22)4)39-18-27-28(19(2)3)33-34-36(27)29-25(31)11-8-12-26(29)32/h7-16,19H,6,17-18H2,1-5H3. The number of hydrogen-bond donors (Lipinski definition) is 0. The zero-order chi connectivity index (χ0) is 28.1. The van der Waals surface area contributed by atoms with Gasteiger partial charge in [-0.2, -0.15) is 0 Å². The fourth-order valence-electron chi connectivity index (χ4n) is 4.29. The lowest BCUT2D eigenvalue weighted by Crippen LogP contribution is -2.18. The van der Waals surface area contributed by atoms with E-state index in [1.165, 1.54) is 0 Å². The van der Waals surface area contributed by atoms with Crippen LogP contribution in [0.3, 0.4) is 0 Å². The van der Waals surface area contributed by atoms with Crippen LogP contribution in [0.25, 0.3) is 5.69 Å². The molecular weight excluding hydrogens is 535 g/mol. The van der Waals surface area contributed by atoms with Crippen LogP contribution in [0.1, 0.15) is 59.6 Å². The third-order valence-corrected chi connectivity index (χ3v) is 6.99. The number of carbonyl (C=O) groups excluding carboxylic acids is 1. The number of ether oxygens (including phenoxy) is 2. The molecule has 0 saturated carbocycles. The number of hydrogen-bond acceptors (Lipinski definition) is 6. The van der Waals surface area contributed by atoms with Crippen molar-refractivity contribution in [2.24, 2.45) is 0 Å². The Balaban J connectivity index is 1.51. The van der Waals surface area contributed by atoms with Crippen LogP contribution in [0.4, 0.5) is 5.69 Å². The predicted octanol–water partition coefficient (Wildman–Crippen LogP) is 7.40. The second kappa shape index (κ2) is 12.5. The predicted molar refractivity (Wildman–Crippen MR) is 155 cm³/mol. The van der Waals surface area contributed by atoms with Crippen molar-refractivity contribution in [2.75, 3.05) is 18.6 Å². The molecule has 1 aromatic heterocycles. The van der Waals surface area contributed by atoms with Crippen LogP contribution in [0.5, 0.6) is 5.75 Å². The van der Waals surface area contributed by atoms with Gasteiger partial charge in [-0.1, -0.05) is 60.5 Å². The van der Waals surface area contributed by atoms with E-state index in [0.717, 1.165) is 34.0 Å². The minimum absolute atomic E-state index is 0.139. The van der Waals surface area contributed by atoms with E-state index in [4.69, 9.17) is 32.7 Å². The van der Waals surface area contributed by atoms with Gasteiger partial charge in [0, 0.05) is 19.3 Å². The third kappa shape index (κ3) is 6.54. The summed E-state index contributed by atoms with van der Waals surface area (Å²) in [7, 11) is 2.00. The molecule has 0 bridgehead atoms. The summed E-state index contributed by atoms with van der Waals surface area (Å²) in [5.41, 5.74) is 5.90. The molecule has 4 aromatic rings. The van der Waals surface area contributed by atoms with Gasteiger partial charge in [-0.3, -0.25) is 0 Å². The molecule has 0 aliphatic rings. The van der Waals surface area contributed by atoms with Crippen molar-refractivity contribution in [3.63, 3.8) is 0 Å². The van der Waals surface area contributed by atoms with Crippen molar-refractivity contribution in [3.05, 3.63) is 98.8 Å².